The van der Waals surface area contributed by atoms with Gasteiger partial charge in [-0.3, -0.25) is 22.7 Å². The Balaban J connectivity index is 1.24. The highest BCUT2D eigenvalue weighted by Crippen LogP contribution is 2.53. The van der Waals surface area contributed by atoms with Gasteiger partial charge >= 0.3 is 0 Å². The number of hydrogen-bond donors (Lipinski definition) is 0. The second kappa shape index (κ2) is 7.58. The highest BCUT2D eigenvalue weighted by atomic mass is 32.3. The third-order valence-corrected chi connectivity index (χ3v) is 8.98. The van der Waals surface area contributed by atoms with Crippen molar-refractivity contribution >= 4 is 22.2 Å². The summed E-state index contributed by atoms with van der Waals surface area (Å²) >= 11 is 0. The van der Waals surface area contributed by atoms with Gasteiger partial charge in [-0.1, -0.05) is 6.07 Å². The van der Waals surface area contributed by atoms with Gasteiger partial charge in [0.25, 0.3) is 0 Å². The summed E-state index contributed by atoms with van der Waals surface area (Å²) in [6.45, 7) is 5.45. The fourth-order valence-corrected chi connectivity index (χ4v) is 6.19. The standard InChI is InChI=1S/C22H29FN4O3S/c1-16-10-18-20(19(23)11-16)25(2)21(28)22(18)4-6-26(7-5-22)13-17-12-24-27(14-17)8-9-31(3)29-15-30-31/h10-12,14H,4-9,13,15H2,1-3H3. The molecule has 5 rings (SSSR count). The summed E-state index contributed by atoms with van der Waals surface area (Å²) in [6, 6.07) is 3.51. The minimum absolute atomic E-state index is 0.0240. The summed E-state index contributed by atoms with van der Waals surface area (Å²) in [4.78, 5) is 17.0. The zero-order valence-electron chi connectivity index (χ0n) is 18.3. The number of carbonyl (C=O) groups is 1. The first-order valence-electron chi connectivity index (χ1n) is 10.7. The molecule has 3 aliphatic heterocycles. The van der Waals surface area contributed by atoms with Gasteiger partial charge in [-0.25, -0.2) is 4.39 Å². The number of fused-ring (bicyclic) bond motifs is 2. The number of hydrogen-bond acceptors (Lipinski definition) is 5. The Kier molecular flexibility index (Phi) is 5.12. The number of likely N-dealkylation sites (tertiary alicyclic amines) is 1. The smallest absolute Gasteiger partial charge is 0.237 e. The normalized spacial score (nSPS) is 23.1. The zero-order valence-corrected chi connectivity index (χ0v) is 19.1. The maximum absolute atomic E-state index is 14.6. The van der Waals surface area contributed by atoms with Crippen molar-refractivity contribution in [3.63, 3.8) is 0 Å². The van der Waals surface area contributed by atoms with Crippen molar-refractivity contribution in [3.8, 4) is 0 Å². The summed E-state index contributed by atoms with van der Waals surface area (Å²) in [5.74, 6) is 0.563. The van der Waals surface area contributed by atoms with E-state index in [2.05, 4.69) is 16.2 Å². The van der Waals surface area contributed by atoms with E-state index in [1.54, 1.807) is 7.05 Å². The molecule has 0 N–H and O–H groups in total. The fraction of sp³-hybridized carbons (Fsp3) is 0.545. The van der Waals surface area contributed by atoms with Crippen molar-refractivity contribution in [1.29, 1.82) is 0 Å². The third kappa shape index (κ3) is 3.57. The molecule has 7 nitrogen and oxygen atoms in total. The number of amides is 1. The van der Waals surface area contributed by atoms with E-state index in [-0.39, 0.29) is 11.7 Å². The summed E-state index contributed by atoms with van der Waals surface area (Å²) in [5, 5.41) is 4.47. The Morgan fingerprint density at radius 1 is 1.26 bits per heavy atom. The lowest BCUT2D eigenvalue weighted by Gasteiger charge is -2.46. The van der Waals surface area contributed by atoms with Crippen LogP contribution in [0.3, 0.4) is 0 Å². The number of piperidine rings is 1. The van der Waals surface area contributed by atoms with Gasteiger partial charge in [0.15, 0.2) is 6.79 Å². The molecular formula is C22H29FN4O3S. The van der Waals surface area contributed by atoms with Gasteiger partial charge in [-0.15, -0.1) is 0 Å². The van der Waals surface area contributed by atoms with Crippen LogP contribution in [0.5, 0.6) is 0 Å². The number of aromatic nitrogens is 2. The van der Waals surface area contributed by atoms with Crippen molar-refractivity contribution in [1.82, 2.24) is 14.7 Å². The molecule has 1 aromatic carbocycles. The Hall–Kier alpha value is -1.94. The predicted octanol–water partition coefficient (Wildman–Crippen LogP) is 3.11. The van der Waals surface area contributed by atoms with Gasteiger partial charge in [-0.05, 0) is 50.0 Å². The number of anilines is 1. The Labute approximate surface area is 183 Å². The van der Waals surface area contributed by atoms with E-state index in [0.29, 0.717) is 25.3 Å². The first-order chi connectivity index (χ1) is 14.8. The molecule has 0 radical (unpaired) electrons. The largest absolute Gasteiger partial charge is 0.312 e. The lowest BCUT2D eigenvalue weighted by molar-refractivity contribution is -0.124. The molecule has 31 heavy (non-hydrogen) atoms. The molecule has 3 aliphatic rings. The van der Waals surface area contributed by atoms with Crippen LogP contribution in [0.25, 0.3) is 0 Å². The number of benzene rings is 1. The molecule has 0 atom stereocenters. The van der Waals surface area contributed by atoms with Crippen molar-refractivity contribution < 1.29 is 17.6 Å². The maximum Gasteiger partial charge on any atom is 0.237 e. The molecular weight excluding hydrogens is 419 g/mol. The monoisotopic (exact) mass is 448 g/mol. The van der Waals surface area contributed by atoms with Crippen LogP contribution in [0.1, 0.15) is 29.5 Å². The molecule has 0 aliphatic carbocycles. The summed E-state index contributed by atoms with van der Waals surface area (Å²) in [5.41, 5.74) is 2.74. The molecule has 4 heterocycles. The van der Waals surface area contributed by atoms with Crippen LogP contribution in [0.4, 0.5) is 10.1 Å². The molecule has 1 spiro atoms. The van der Waals surface area contributed by atoms with Crippen molar-refractivity contribution in [3.05, 3.63) is 47.0 Å². The van der Waals surface area contributed by atoms with Crippen LogP contribution in [0.2, 0.25) is 0 Å². The number of carbonyl (C=O) groups excluding carboxylic acids is 1. The molecule has 0 bridgehead atoms. The van der Waals surface area contributed by atoms with Crippen LogP contribution in [0.15, 0.2) is 24.5 Å². The number of halogens is 1. The second-order valence-electron chi connectivity index (χ2n) is 8.96. The average molecular weight is 449 g/mol. The molecule has 9 heteroatoms. The van der Waals surface area contributed by atoms with E-state index in [1.807, 2.05) is 30.1 Å². The van der Waals surface area contributed by atoms with E-state index in [9.17, 15) is 9.18 Å². The van der Waals surface area contributed by atoms with E-state index in [1.165, 1.54) is 11.0 Å². The average Bonchev–Trinajstić information content (AvgIpc) is 3.24. The Morgan fingerprint density at radius 3 is 2.68 bits per heavy atom. The van der Waals surface area contributed by atoms with Crippen molar-refractivity contribution in [2.45, 2.75) is 38.3 Å². The minimum Gasteiger partial charge on any atom is -0.312 e. The van der Waals surface area contributed by atoms with Gasteiger partial charge in [0, 0.05) is 31.6 Å². The number of nitrogens with zero attached hydrogens (tertiary/aromatic N) is 4. The van der Waals surface area contributed by atoms with Crippen LogP contribution in [-0.4, -0.2) is 59.5 Å². The third-order valence-electron chi connectivity index (χ3n) is 6.86. The number of rotatable bonds is 5. The van der Waals surface area contributed by atoms with E-state index in [0.717, 1.165) is 48.6 Å². The maximum atomic E-state index is 14.6. The lowest BCUT2D eigenvalue weighted by atomic mass is 9.73. The molecule has 168 valence electrons. The van der Waals surface area contributed by atoms with Crippen LogP contribution < -0.4 is 4.90 Å². The number of likely N-dealkylation sites (N-methyl/N-ethyl adjacent to an activating group) is 1. The van der Waals surface area contributed by atoms with Crippen molar-refractivity contribution in [2.24, 2.45) is 0 Å². The lowest BCUT2D eigenvalue weighted by Crippen LogP contribution is -2.47. The Bertz CT molecular complexity index is 1010. The van der Waals surface area contributed by atoms with Gasteiger partial charge in [0.05, 0.1) is 29.6 Å². The molecule has 1 amide bonds. The molecule has 1 aromatic heterocycles. The summed E-state index contributed by atoms with van der Waals surface area (Å²) in [7, 11) is 0.349. The van der Waals surface area contributed by atoms with Gasteiger partial charge in [0.1, 0.15) is 5.82 Å². The Morgan fingerprint density at radius 2 is 2.00 bits per heavy atom. The van der Waals surface area contributed by atoms with Crippen LogP contribution in [0, 0.1) is 12.7 Å². The summed E-state index contributed by atoms with van der Waals surface area (Å²) in [6.07, 6.45) is 7.42. The first-order valence-corrected chi connectivity index (χ1v) is 12.7. The van der Waals surface area contributed by atoms with Gasteiger partial charge < -0.3 is 4.90 Å². The molecule has 0 saturated carbocycles. The molecule has 2 fully saturated rings. The SMILES string of the molecule is Cc1cc(F)c2c(c1)C1(CCN(Cc3cnn(CCS4(C)OCO4)c3)CC1)C(=O)N2C. The quantitative estimate of drug-likeness (QED) is 0.704. The van der Waals surface area contributed by atoms with Gasteiger partial charge in [-0.2, -0.15) is 15.7 Å². The predicted molar refractivity (Wildman–Crippen MR) is 118 cm³/mol. The topological polar surface area (TPSA) is 59.8 Å². The van der Waals surface area contributed by atoms with E-state index in [4.69, 9.17) is 8.37 Å². The van der Waals surface area contributed by atoms with E-state index >= 15 is 0 Å². The van der Waals surface area contributed by atoms with E-state index < -0.39 is 16.0 Å². The zero-order chi connectivity index (χ0) is 21.8. The highest BCUT2D eigenvalue weighted by Gasteiger charge is 2.52. The van der Waals surface area contributed by atoms with Gasteiger partial charge in [0.2, 0.25) is 5.91 Å². The number of aryl methyl sites for hydroxylation is 2. The van der Waals surface area contributed by atoms with Crippen LogP contribution >= 0.6 is 10.6 Å². The van der Waals surface area contributed by atoms with Crippen molar-refractivity contribution in [2.75, 3.05) is 43.8 Å². The first kappa shape index (κ1) is 20.9. The molecule has 2 aromatic rings. The minimum atomic E-state index is -1.34. The summed E-state index contributed by atoms with van der Waals surface area (Å²) < 4.78 is 27.6. The molecule has 2 saturated heterocycles. The fourth-order valence-electron chi connectivity index (χ4n) is 5.01. The second-order valence-corrected chi connectivity index (χ2v) is 11.7. The van der Waals surface area contributed by atoms with Crippen LogP contribution in [-0.2, 0) is 31.7 Å². The molecule has 0 unspecified atom stereocenters. The highest BCUT2D eigenvalue weighted by molar-refractivity contribution is 8.26.